The van der Waals surface area contributed by atoms with Gasteiger partial charge in [0, 0.05) is 26.2 Å². The van der Waals surface area contributed by atoms with Crippen molar-refractivity contribution in [1.29, 1.82) is 0 Å². The van der Waals surface area contributed by atoms with Crippen molar-refractivity contribution in [3.05, 3.63) is 77.6 Å². The van der Waals surface area contributed by atoms with Gasteiger partial charge in [0.05, 0.1) is 17.6 Å². The Labute approximate surface area is 177 Å². The minimum Gasteiger partial charge on any atom is -0.335 e. The highest BCUT2D eigenvalue weighted by molar-refractivity contribution is 7.89. The van der Waals surface area contributed by atoms with Crippen LogP contribution in [0.4, 0.5) is 8.78 Å². The molecule has 1 aliphatic heterocycles. The van der Waals surface area contributed by atoms with Crippen LogP contribution in [-0.4, -0.2) is 64.7 Å². The van der Waals surface area contributed by atoms with Crippen molar-refractivity contribution in [1.82, 2.24) is 24.2 Å². The Morgan fingerprint density at radius 2 is 1.68 bits per heavy atom. The number of benzene rings is 2. The van der Waals surface area contributed by atoms with Crippen molar-refractivity contribution in [3.8, 4) is 0 Å². The molecule has 1 aromatic heterocycles. The Kier molecular flexibility index (Phi) is 5.79. The van der Waals surface area contributed by atoms with Gasteiger partial charge in [0.15, 0.2) is 17.3 Å². The second-order valence-electron chi connectivity index (χ2n) is 7.06. The van der Waals surface area contributed by atoms with Crippen molar-refractivity contribution >= 4 is 15.9 Å². The van der Waals surface area contributed by atoms with Crippen LogP contribution in [-0.2, 0) is 16.6 Å². The molecule has 2 aromatic carbocycles. The summed E-state index contributed by atoms with van der Waals surface area (Å²) in [5, 5.41) is 7.92. The molecule has 0 aliphatic carbocycles. The molecule has 0 radical (unpaired) electrons. The molecule has 2 heterocycles. The summed E-state index contributed by atoms with van der Waals surface area (Å²) in [6.45, 7) is 0.832. The Hall–Kier alpha value is -3.18. The van der Waals surface area contributed by atoms with Gasteiger partial charge in [-0.2, -0.15) is 4.31 Å². The van der Waals surface area contributed by atoms with Crippen molar-refractivity contribution in [2.75, 3.05) is 26.2 Å². The quantitative estimate of drug-likeness (QED) is 0.595. The minimum atomic E-state index is -3.99. The third-order valence-electron chi connectivity index (χ3n) is 5.00. The van der Waals surface area contributed by atoms with E-state index in [2.05, 4.69) is 10.3 Å². The maximum absolute atomic E-state index is 13.4. The second kappa shape index (κ2) is 8.52. The number of sulfonamides is 1. The van der Waals surface area contributed by atoms with Crippen LogP contribution in [0.15, 0.2) is 59.6 Å². The van der Waals surface area contributed by atoms with E-state index in [1.165, 1.54) is 4.90 Å². The first-order valence-corrected chi connectivity index (χ1v) is 11.0. The van der Waals surface area contributed by atoms with Crippen LogP contribution in [0.1, 0.15) is 16.1 Å². The molecule has 1 saturated heterocycles. The predicted octanol–water partition coefficient (Wildman–Crippen LogP) is 1.75. The van der Waals surface area contributed by atoms with Crippen molar-refractivity contribution in [2.24, 2.45) is 0 Å². The number of nitrogens with zero attached hydrogens (tertiary/aromatic N) is 5. The van der Waals surface area contributed by atoms with Gasteiger partial charge in [0.1, 0.15) is 0 Å². The van der Waals surface area contributed by atoms with E-state index < -0.39 is 21.7 Å². The highest BCUT2D eigenvalue weighted by Crippen LogP contribution is 2.20. The van der Waals surface area contributed by atoms with E-state index in [9.17, 15) is 22.0 Å². The van der Waals surface area contributed by atoms with Gasteiger partial charge in [-0.1, -0.05) is 35.5 Å². The van der Waals surface area contributed by atoms with E-state index in [1.807, 2.05) is 30.3 Å². The average Bonchev–Trinajstić information content (AvgIpc) is 3.24. The molecule has 8 nitrogen and oxygen atoms in total. The zero-order chi connectivity index (χ0) is 22.0. The van der Waals surface area contributed by atoms with Crippen LogP contribution in [0.3, 0.4) is 0 Å². The molecule has 1 amide bonds. The van der Waals surface area contributed by atoms with Gasteiger partial charge in [0.2, 0.25) is 10.0 Å². The van der Waals surface area contributed by atoms with Crippen molar-refractivity contribution < 1.29 is 22.0 Å². The normalized spacial score (nSPS) is 15.2. The number of hydrogen-bond donors (Lipinski definition) is 0. The molecule has 0 N–H and O–H groups in total. The highest BCUT2D eigenvalue weighted by atomic mass is 32.2. The summed E-state index contributed by atoms with van der Waals surface area (Å²) in [6.07, 6.45) is 1.56. The van der Waals surface area contributed by atoms with Crippen LogP contribution in [0.25, 0.3) is 0 Å². The Morgan fingerprint density at radius 3 is 2.35 bits per heavy atom. The molecule has 0 spiro atoms. The fourth-order valence-corrected chi connectivity index (χ4v) is 4.76. The second-order valence-corrected chi connectivity index (χ2v) is 9.00. The van der Waals surface area contributed by atoms with Gasteiger partial charge in [-0.15, -0.1) is 5.10 Å². The monoisotopic (exact) mass is 447 g/mol. The largest absolute Gasteiger partial charge is 0.335 e. The molecule has 31 heavy (non-hydrogen) atoms. The van der Waals surface area contributed by atoms with Crippen molar-refractivity contribution in [2.45, 2.75) is 11.4 Å². The highest BCUT2D eigenvalue weighted by Gasteiger charge is 2.31. The predicted molar refractivity (Wildman–Crippen MR) is 107 cm³/mol. The molecular weight excluding hydrogens is 428 g/mol. The molecule has 162 valence electrons. The summed E-state index contributed by atoms with van der Waals surface area (Å²) in [4.78, 5) is 13.9. The van der Waals surface area contributed by atoms with Crippen LogP contribution in [0.2, 0.25) is 0 Å². The molecule has 0 unspecified atom stereocenters. The van der Waals surface area contributed by atoms with Crippen molar-refractivity contribution in [3.63, 3.8) is 0 Å². The zero-order valence-electron chi connectivity index (χ0n) is 16.4. The van der Waals surface area contributed by atoms with Gasteiger partial charge < -0.3 is 4.90 Å². The first-order valence-electron chi connectivity index (χ1n) is 9.53. The molecule has 3 aromatic rings. The Morgan fingerprint density at radius 1 is 0.968 bits per heavy atom. The lowest BCUT2D eigenvalue weighted by atomic mass is 10.2. The fraction of sp³-hybridized carbons (Fsp3) is 0.250. The summed E-state index contributed by atoms with van der Waals surface area (Å²) < 4.78 is 54.6. The van der Waals surface area contributed by atoms with E-state index in [1.54, 1.807) is 10.9 Å². The number of aromatic nitrogens is 3. The van der Waals surface area contributed by atoms with Gasteiger partial charge in [-0.3, -0.25) is 4.79 Å². The first kappa shape index (κ1) is 21.1. The summed E-state index contributed by atoms with van der Waals surface area (Å²) in [6, 6.07) is 12.1. The SMILES string of the molecule is O=C(c1cn(Cc2ccccc2)nn1)N1CCN(S(=O)(=O)c2ccc(F)c(F)c2)CC1. The summed E-state index contributed by atoms with van der Waals surface area (Å²) in [7, 11) is -3.99. The molecule has 0 atom stereocenters. The topological polar surface area (TPSA) is 88.4 Å². The maximum Gasteiger partial charge on any atom is 0.276 e. The van der Waals surface area contributed by atoms with E-state index >= 15 is 0 Å². The maximum atomic E-state index is 13.4. The van der Waals surface area contributed by atoms with Gasteiger partial charge in [-0.05, 0) is 23.8 Å². The molecule has 1 aliphatic rings. The number of amides is 1. The van der Waals surface area contributed by atoms with Crippen LogP contribution >= 0.6 is 0 Å². The fourth-order valence-electron chi connectivity index (χ4n) is 3.32. The van der Waals surface area contributed by atoms with Gasteiger partial charge in [0.25, 0.3) is 5.91 Å². The minimum absolute atomic E-state index is 0.0330. The molecular formula is C20H19F2N5O3S. The molecule has 4 rings (SSSR count). The molecule has 11 heteroatoms. The van der Waals surface area contributed by atoms with E-state index in [0.29, 0.717) is 12.6 Å². The standard InChI is InChI=1S/C20H19F2N5O3S/c21-17-7-6-16(12-18(17)22)31(29,30)27-10-8-25(9-11-27)20(28)19-14-26(24-23-19)13-15-4-2-1-3-5-15/h1-7,12,14H,8-11,13H2. The number of carbonyl (C=O) groups excluding carboxylic acids is 1. The lowest BCUT2D eigenvalue weighted by Crippen LogP contribution is -2.50. The lowest BCUT2D eigenvalue weighted by Gasteiger charge is -2.33. The van der Waals surface area contributed by atoms with E-state index in [-0.39, 0.29) is 42.7 Å². The summed E-state index contributed by atoms with van der Waals surface area (Å²) in [5.41, 5.74) is 1.19. The number of hydrogen-bond acceptors (Lipinski definition) is 5. The third-order valence-corrected chi connectivity index (χ3v) is 6.89. The number of rotatable bonds is 5. The van der Waals surface area contributed by atoms with Crippen LogP contribution < -0.4 is 0 Å². The molecule has 0 saturated carbocycles. The Bertz CT molecular complexity index is 1190. The van der Waals surface area contributed by atoms with E-state index in [0.717, 1.165) is 22.0 Å². The van der Waals surface area contributed by atoms with E-state index in [4.69, 9.17) is 0 Å². The van der Waals surface area contributed by atoms with Crippen LogP contribution in [0.5, 0.6) is 0 Å². The molecule has 0 bridgehead atoms. The van der Waals surface area contributed by atoms with Crippen LogP contribution in [0, 0.1) is 11.6 Å². The number of carbonyl (C=O) groups is 1. The van der Waals surface area contributed by atoms with Gasteiger partial charge >= 0.3 is 0 Å². The number of halogens is 2. The first-order chi connectivity index (χ1) is 14.8. The Balaban J connectivity index is 1.39. The average molecular weight is 447 g/mol. The van der Waals surface area contributed by atoms with Gasteiger partial charge in [-0.25, -0.2) is 21.9 Å². The third kappa shape index (κ3) is 4.47. The summed E-state index contributed by atoms with van der Waals surface area (Å²) >= 11 is 0. The zero-order valence-corrected chi connectivity index (χ0v) is 17.2. The smallest absolute Gasteiger partial charge is 0.276 e. The number of piperazine rings is 1. The summed E-state index contributed by atoms with van der Waals surface area (Å²) in [5.74, 6) is -2.69. The molecule has 1 fully saturated rings. The lowest BCUT2D eigenvalue weighted by molar-refractivity contribution is 0.0692.